The van der Waals surface area contributed by atoms with Gasteiger partial charge in [0.15, 0.2) is 0 Å². The van der Waals surface area contributed by atoms with Crippen molar-refractivity contribution in [3.05, 3.63) is 0 Å². The SMILES string of the molecule is C1CC[C@@H]([C@@]23C[C@H](C[C@H]4CCCN[C@H]42)[C@H]2CCCCN2C3)NC1. The second kappa shape index (κ2) is 6.00. The van der Waals surface area contributed by atoms with E-state index in [0.29, 0.717) is 5.41 Å². The van der Waals surface area contributed by atoms with Crippen LogP contribution >= 0.6 is 0 Å². The van der Waals surface area contributed by atoms with Gasteiger partial charge in [0.25, 0.3) is 0 Å². The van der Waals surface area contributed by atoms with Crippen molar-refractivity contribution in [1.29, 1.82) is 0 Å². The molecular formula is C20H35N3. The fourth-order valence-corrected chi connectivity index (χ4v) is 7.36. The van der Waals surface area contributed by atoms with E-state index >= 15 is 0 Å². The summed E-state index contributed by atoms with van der Waals surface area (Å²) in [7, 11) is 0. The largest absolute Gasteiger partial charge is 0.313 e. The molecule has 130 valence electrons. The molecule has 5 aliphatic rings. The van der Waals surface area contributed by atoms with Crippen molar-refractivity contribution < 1.29 is 0 Å². The van der Waals surface area contributed by atoms with E-state index in [-0.39, 0.29) is 0 Å². The van der Waals surface area contributed by atoms with E-state index in [1.807, 2.05) is 0 Å². The number of hydrogen-bond acceptors (Lipinski definition) is 3. The minimum Gasteiger partial charge on any atom is -0.313 e. The Hall–Kier alpha value is -0.120. The quantitative estimate of drug-likeness (QED) is 0.779. The molecule has 0 aromatic carbocycles. The standard InChI is InChI=1S/C20H35N3/c1-3-9-21-18(8-1)20-13-16(12-15-6-5-10-22-19(15)20)17-7-2-4-11-23(17)14-20/h15-19,21-22H,1-14H2/t15-,16+,17-,18+,19-,20+/m1/s1. The zero-order chi connectivity index (χ0) is 15.3. The molecule has 4 saturated heterocycles. The minimum atomic E-state index is 0.530. The van der Waals surface area contributed by atoms with Gasteiger partial charge in [-0.2, -0.15) is 0 Å². The minimum absolute atomic E-state index is 0.530. The van der Waals surface area contributed by atoms with Crippen molar-refractivity contribution in [2.45, 2.75) is 82.3 Å². The Bertz CT molecular complexity index is 431. The van der Waals surface area contributed by atoms with E-state index < -0.39 is 0 Å². The number of hydrogen-bond donors (Lipinski definition) is 2. The summed E-state index contributed by atoms with van der Waals surface area (Å²) in [6, 6.07) is 2.51. The predicted molar refractivity (Wildman–Crippen MR) is 94.5 cm³/mol. The number of rotatable bonds is 1. The van der Waals surface area contributed by atoms with E-state index in [9.17, 15) is 0 Å². The van der Waals surface area contributed by atoms with Crippen LogP contribution in [0.2, 0.25) is 0 Å². The summed E-state index contributed by atoms with van der Waals surface area (Å²) in [6.45, 7) is 5.30. The lowest BCUT2D eigenvalue weighted by atomic mass is 9.52. The molecule has 0 unspecified atom stereocenters. The van der Waals surface area contributed by atoms with E-state index in [4.69, 9.17) is 0 Å². The molecule has 3 nitrogen and oxygen atoms in total. The number of piperidine rings is 4. The second-order valence-electron chi connectivity index (χ2n) is 9.30. The van der Waals surface area contributed by atoms with Gasteiger partial charge in [-0.1, -0.05) is 12.8 Å². The zero-order valence-corrected chi connectivity index (χ0v) is 14.7. The normalized spacial score (nSPS) is 50.9. The lowest BCUT2D eigenvalue weighted by molar-refractivity contribution is -0.117. The van der Waals surface area contributed by atoms with Crippen molar-refractivity contribution in [3.8, 4) is 0 Å². The molecule has 0 aromatic heterocycles. The first kappa shape index (κ1) is 15.2. The van der Waals surface area contributed by atoms with E-state index in [1.54, 1.807) is 0 Å². The monoisotopic (exact) mass is 317 g/mol. The van der Waals surface area contributed by atoms with Gasteiger partial charge < -0.3 is 10.6 Å². The second-order valence-corrected chi connectivity index (χ2v) is 9.30. The Balaban J connectivity index is 1.50. The molecule has 23 heavy (non-hydrogen) atoms. The maximum absolute atomic E-state index is 4.04. The van der Waals surface area contributed by atoms with E-state index in [2.05, 4.69) is 15.5 Å². The summed E-state index contributed by atoms with van der Waals surface area (Å²) in [4.78, 5) is 2.94. The third kappa shape index (κ3) is 2.41. The maximum Gasteiger partial charge on any atom is 0.0179 e. The molecule has 5 rings (SSSR count). The van der Waals surface area contributed by atoms with Crippen LogP contribution in [0.15, 0.2) is 0 Å². The zero-order valence-electron chi connectivity index (χ0n) is 14.7. The molecule has 2 N–H and O–H groups in total. The first-order valence-electron chi connectivity index (χ1n) is 10.6. The van der Waals surface area contributed by atoms with Gasteiger partial charge in [-0.3, -0.25) is 4.90 Å². The van der Waals surface area contributed by atoms with Crippen LogP contribution < -0.4 is 10.6 Å². The third-order valence-electron chi connectivity index (χ3n) is 8.16. The number of nitrogens with zero attached hydrogens (tertiary/aromatic N) is 1. The third-order valence-corrected chi connectivity index (χ3v) is 8.16. The molecule has 0 radical (unpaired) electrons. The average Bonchev–Trinajstić information content (AvgIpc) is 2.63. The van der Waals surface area contributed by atoms with Crippen LogP contribution in [-0.2, 0) is 0 Å². The molecule has 5 fully saturated rings. The summed E-state index contributed by atoms with van der Waals surface area (Å²) < 4.78 is 0. The topological polar surface area (TPSA) is 27.3 Å². The molecule has 1 aliphatic carbocycles. The Morgan fingerprint density at radius 3 is 2.65 bits per heavy atom. The molecule has 0 aromatic rings. The van der Waals surface area contributed by atoms with Gasteiger partial charge in [0.05, 0.1) is 0 Å². The molecule has 0 spiro atoms. The van der Waals surface area contributed by atoms with Gasteiger partial charge in [0, 0.05) is 30.1 Å². The molecule has 1 saturated carbocycles. The van der Waals surface area contributed by atoms with Crippen molar-refractivity contribution in [2.75, 3.05) is 26.2 Å². The van der Waals surface area contributed by atoms with Crippen molar-refractivity contribution in [3.63, 3.8) is 0 Å². The highest BCUT2D eigenvalue weighted by Gasteiger charge is 2.58. The van der Waals surface area contributed by atoms with Gasteiger partial charge in [-0.15, -0.1) is 0 Å². The smallest absolute Gasteiger partial charge is 0.0179 e. The Morgan fingerprint density at radius 2 is 1.74 bits per heavy atom. The lowest BCUT2D eigenvalue weighted by Crippen LogP contribution is -2.72. The van der Waals surface area contributed by atoms with Crippen LogP contribution in [0.4, 0.5) is 0 Å². The van der Waals surface area contributed by atoms with Crippen LogP contribution in [0, 0.1) is 17.3 Å². The summed E-state index contributed by atoms with van der Waals surface area (Å²) >= 11 is 0. The summed E-state index contributed by atoms with van der Waals surface area (Å²) in [5.41, 5.74) is 0.530. The predicted octanol–water partition coefficient (Wildman–Crippen LogP) is 2.76. The van der Waals surface area contributed by atoms with E-state index in [0.717, 1.165) is 30.0 Å². The Labute approximate surface area is 142 Å². The molecule has 0 amide bonds. The average molecular weight is 318 g/mol. The van der Waals surface area contributed by atoms with Gasteiger partial charge in [0.2, 0.25) is 0 Å². The number of nitrogens with one attached hydrogen (secondary N) is 2. The van der Waals surface area contributed by atoms with Gasteiger partial charge in [-0.05, 0) is 82.8 Å². The summed E-state index contributed by atoms with van der Waals surface area (Å²) in [5, 5.41) is 8.04. The molecule has 4 heterocycles. The van der Waals surface area contributed by atoms with Gasteiger partial charge in [0.1, 0.15) is 0 Å². The van der Waals surface area contributed by atoms with E-state index in [1.165, 1.54) is 90.4 Å². The first-order chi connectivity index (χ1) is 11.4. The fraction of sp³-hybridized carbons (Fsp3) is 1.00. The van der Waals surface area contributed by atoms with Crippen molar-refractivity contribution >= 4 is 0 Å². The molecule has 3 heteroatoms. The molecule has 4 aliphatic heterocycles. The molecule has 2 bridgehead atoms. The summed E-state index contributed by atoms with van der Waals surface area (Å²) in [5.74, 6) is 1.96. The Kier molecular flexibility index (Phi) is 3.95. The van der Waals surface area contributed by atoms with Crippen LogP contribution in [0.3, 0.4) is 0 Å². The van der Waals surface area contributed by atoms with Crippen molar-refractivity contribution in [2.24, 2.45) is 17.3 Å². The van der Waals surface area contributed by atoms with Crippen LogP contribution in [0.1, 0.15) is 64.2 Å². The van der Waals surface area contributed by atoms with Gasteiger partial charge >= 0.3 is 0 Å². The molecular weight excluding hydrogens is 282 g/mol. The summed E-state index contributed by atoms with van der Waals surface area (Å²) in [6.07, 6.45) is 14.6. The highest BCUT2D eigenvalue weighted by atomic mass is 15.2. The van der Waals surface area contributed by atoms with Crippen LogP contribution in [0.25, 0.3) is 0 Å². The van der Waals surface area contributed by atoms with Crippen molar-refractivity contribution in [1.82, 2.24) is 15.5 Å². The molecule has 6 atom stereocenters. The van der Waals surface area contributed by atoms with Crippen LogP contribution in [0.5, 0.6) is 0 Å². The first-order valence-corrected chi connectivity index (χ1v) is 10.6. The highest BCUT2D eigenvalue weighted by Crippen LogP contribution is 2.55. The number of fused-ring (bicyclic) bond motifs is 6. The van der Waals surface area contributed by atoms with Crippen LogP contribution in [-0.4, -0.2) is 49.2 Å². The van der Waals surface area contributed by atoms with Gasteiger partial charge in [-0.25, -0.2) is 0 Å². The highest BCUT2D eigenvalue weighted by molar-refractivity contribution is 5.14. The lowest BCUT2D eigenvalue weighted by Gasteiger charge is -2.64. The fourth-order valence-electron chi connectivity index (χ4n) is 7.36. The Morgan fingerprint density at radius 1 is 0.826 bits per heavy atom. The maximum atomic E-state index is 4.04.